The van der Waals surface area contributed by atoms with Crippen LogP contribution in [0.15, 0.2) is 113 Å². The van der Waals surface area contributed by atoms with Gasteiger partial charge in [-0.2, -0.15) is 5.10 Å². The Morgan fingerprint density at radius 2 is 1.43 bits per heavy atom. The summed E-state index contributed by atoms with van der Waals surface area (Å²) in [5.41, 5.74) is 7.01. The summed E-state index contributed by atoms with van der Waals surface area (Å²) in [7, 11) is 0. The Labute approximate surface area is 239 Å². The summed E-state index contributed by atoms with van der Waals surface area (Å²) in [5.74, 6) is -2.27. The molecule has 0 saturated carbocycles. The van der Waals surface area contributed by atoms with Crippen LogP contribution in [0, 0.1) is 11.8 Å². The zero-order valence-electron chi connectivity index (χ0n) is 21.3. The quantitative estimate of drug-likeness (QED) is 0.194. The van der Waals surface area contributed by atoms with Crippen LogP contribution in [0.25, 0.3) is 0 Å². The van der Waals surface area contributed by atoms with Crippen molar-refractivity contribution in [3.8, 4) is 0 Å². The van der Waals surface area contributed by atoms with Crippen LogP contribution in [0.5, 0.6) is 0 Å². The lowest BCUT2D eigenvalue weighted by Gasteiger charge is -2.52. The average molecular weight is 590 g/mol. The Kier molecular flexibility index (Phi) is 5.78. The molecule has 1 fully saturated rings. The normalized spacial score (nSPS) is 24.1. The summed E-state index contributed by atoms with van der Waals surface area (Å²) >= 11 is 3.44. The standard InChI is InChI=1S/C33H24BrN3O3/c34-21-14-16-22(17-15-21)37-31(39)29-28-23-10-4-6-12-25(23)33(30(29)32(37)40,26-13-7-5-11-24(26)28)19-35-36-27(38)18-20-8-2-1-3-9-20/h1-17,19,28-30H,18H2,(H,36,38)/b35-19-/t28?,29-,30+,33?/m0/s1. The van der Waals surface area contributed by atoms with E-state index in [2.05, 4.69) is 26.5 Å². The highest BCUT2D eigenvalue weighted by atomic mass is 79.9. The van der Waals surface area contributed by atoms with E-state index in [1.54, 1.807) is 18.3 Å². The number of imide groups is 1. The second kappa shape index (κ2) is 9.38. The van der Waals surface area contributed by atoms with Crippen molar-refractivity contribution in [1.29, 1.82) is 0 Å². The summed E-state index contributed by atoms with van der Waals surface area (Å²) in [6.07, 6.45) is 1.87. The topological polar surface area (TPSA) is 78.8 Å². The second-order valence-electron chi connectivity index (χ2n) is 10.5. The summed E-state index contributed by atoms with van der Waals surface area (Å²) < 4.78 is 0.863. The van der Waals surface area contributed by atoms with Gasteiger partial charge in [0.1, 0.15) is 0 Å². The number of carbonyl (C=O) groups excluding carboxylic acids is 3. The lowest BCUT2D eigenvalue weighted by molar-refractivity contribution is -0.123. The van der Waals surface area contributed by atoms with Crippen molar-refractivity contribution in [2.24, 2.45) is 16.9 Å². The van der Waals surface area contributed by atoms with E-state index in [0.717, 1.165) is 32.3 Å². The van der Waals surface area contributed by atoms with Crippen molar-refractivity contribution < 1.29 is 14.4 Å². The molecular formula is C33H24BrN3O3. The van der Waals surface area contributed by atoms with Gasteiger partial charge in [0.05, 0.1) is 29.4 Å². The first-order valence-electron chi connectivity index (χ1n) is 13.2. The lowest BCUT2D eigenvalue weighted by atomic mass is 9.47. The number of hydrazone groups is 1. The molecule has 0 unspecified atom stereocenters. The number of halogens is 1. The van der Waals surface area contributed by atoms with Gasteiger partial charge in [-0.15, -0.1) is 0 Å². The molecule has 3 amide bonds. The molecule has 1 aliphatic heterocycles. The highest BCUT2D eigenvalue weighted by molar-refractivity contribution is 9.10. The van der Waals surface area contributed by atoms with Crippen LogP contribution in [0.3, 0.4) is 0 Å². The van der Waals surface area contributed by atoms with Gasteiger partial charge in [0.15, 0.2) is 0 Å². The molecule has 1 N–H and O–H groups in total. The molecule has 1 heterocycles. The van der Waals surface area contributed by atoms with Crippen LogP contribution >= 0.6 is 15.9 Å². The summed E-state index contributed by atoms with van der Waals surface area (Å²) in [4.78, 5) is 42.6. The molecule has 196 valence electrons. The number of anilines is 1. The van der Waals surface area contributed by atoms with Crippen molar-refractivity contribution in [2.45, 2.75) is 17.8 Å². The first-order chi connectivity index (χ1) is 19.5. The number of hydrogen-bond donors (Lipinski definition) is 1. The van der Waals surface area contributed by atoms with E-state index in [1.165, 1.54) is 4.90 Å². The Morgan fingerprint density at radius 1 is 0.825 bits per heavy atom. The van der Waals surface area contributed by atoms with Crippen LogP contribution in [-0.4, -0.2) is 23.9 Å². The number of hydrogen-bond acceptors (Lipinski definition) is 4. The monoisotopic (exact) mass is 589 g/mol. The van der Waals surface area contributed by atoms with Crippen molar-refractivity contribution in [1.82, 2.24) is 5.43 Å². The molecule has 8 rings (SSSR count). The number of nitrogens with one attached hydrogen (secondary N) is 1. The molecule has 6 nitrogen and oxygen atoms in total. The lowest BCUT2D eigenvalue weighted by Crippen LogP contribution is -2.54. The first-order valence-corrected chi connectivity index (χ1v) is 14.0. The maximum atomic E-state index is 14.3. The summed E-state index contributed by atoms with van der Waals surface area (Å²) in [6, 6.07) is 32.7. The largest absolute Gasteiger partial charge is 0.274 e. The van der Waals surface area contributed by atoms with E-state index >= 15 is 0 Å². The Balaban J connectivity index is 1.36. The first kappa shape index (κ1) is 24.7. The SMILES string of the molecule is O=C(Cc1ccccc1)N/N=C\C12c3ccccc3C(c3ccccc31)[C@@H]1C(=O)N(c3ccc(Br)cc3)C(=O)[C@@H]12. The molecule has 1 saturated heterocycles. The fourth-order valence-corrected chi connectivity index (χ4v) is 7.19. The van der Waals surface area contributed by atoms with E-state index < -0.39 is 17.3 Å². The van der Waals surface area contributed by atoms with E-state index in [9.17, 15) is 14.4 Å². The minimum atomic E-state index is -1.02. The zero-order valence-corrected chi connectivity index (χ0v) is 22.9. The van der Waals surface area contributed by atoms with E-state index in [1.807, 2.05) is 91.0 Å². The third kappa shape index (κ3) is 3.54. The summed E-state index contributed by atoms with van der Waals surface area (Å²) in [6.45, 7) is 0. The van der Waals surface area contributed by atoms with Gasteiger partial charge in [0, 0.05) is 16.6 Å². The molecule has 2 atom stereocenters. The van der Waals surface area contributed by atoms with Crippen molar-refractivity contribution in [2.75, 3.05) is 4.90 Å². The van der Waals surface area contributed by atoms with Crippen LogP contribution in [-0.2, 0) is 26.2 Å². The number of carbonyl (C=O) groups is 3. The molecule has 0 aromatic heterocycles. The predicted octanol–water partition coefficient (Wildman–Crippen LogP) is 5.34. The molecule has 2 bridgehead atoms. The zero-order chi connectivity index (χ0) is 27.4. The van der Waals surface area contributed by atoms with Gasteiger partial charge >= 0.3 is 0 Å². The van der Waals surface area contributed by atoms with Crippen LogP contribution in [0.4, 0.5) is 5.69 Å². The molecule has 4 aliphatic rings. The second-order valence-corrected chi connectivity index (χ2v) is 11.4. The molecule has 3 aliphatic carbocycles. The number of benzene rings is 4. The highest BCUT2D eigenvalue weighted by Crippen LogP contribution is 2.63. The van der Waals surface area contributed by atoms with Gasteiger partial charge in [0.2, 0.25) is 17.7 Å². The molecule has 0 radical (unpaired) electrons. The minimum Gasteiger partial charge on any atom is -0.274 e. The molecule has 4 aromatic carbocycles. The van der Waals surface area contributed by atoms with Crippen molar-refractivity contribution >= 4 is 45.6 Å². The fourth-order valence-electron chi connectivity index (χ4n) is 6.92. The number of rotatable bonds is 5. The van der Waals surface area contributed by atoms with E-state index in [0.29, 0.717) is 5.69 Å². The molecule has 40 heavy (non-hydrogen) atoms. The van der Waals surface area contributed by atoms with Crippen LogP contribution in [0.2, 0.25) is 0 Å². The molecule has 4 aromatic rings. The van der Waals surface area contributed by atoms with Crippen molar-refractivity contribution in [3.05, 3.63) is 135 Å². The summed E-state index contributed by atoms with van der Waals surface area (Å²) in [5, 5.41) is 4.47. The van der Waals surface area contributed by atoms with Crippen LogP contribution in [0.1, 0.15) is 33.7 Å². The van der Waals surface area contributed by atoms with Gasteiger partial charge in [-0.3, -0.25) is 14.4 Å². The van der Waals surface area contributed by atoms with Gasteiger partial charge in [-0.05, 0) is 52.1 Å². The Hall–Kier alpha value is -4.36. The Bertz CT molecular complexity index is 1650. The van der Waals surface area contributed by atoms with Gasteiger partial charge in [0.25, 0.3) is 0 Å². The predicted molar refractivity (Wildman–Crippen MR) is 156 cm³/mol. The average Bonchev–Trinajstić information content (AvgIpc) is 3.25. The van der Waals surface area contributed by atoms with Gasteiger partial charge in [-0.25, -0.2) is 10.3 Å². The van der Waals surface area contributed by atoms with Crippen molar-refractivity contribution in [3.63, 3.8) is 0 Å². The fraction of sp³-hybridized carbons (Fsp3) is 0.152. The molecular weight excluding hydrogens is 566 g/mol. The highest BCUT2D eigenvalue weighted by Gasteiger charge is 2.68. The van der Waals surface area contributed by atoms with E-state index in [4.69, 9.17) is 0 Å². The third-order valence-electron chi connectivity index (χ3n) is 8.43. The van der Waals surface area contributed by atoms with E-state index in [-0.39, 0.29) is 30.1 Å². The number of amides is 3. The van der Waals surface area contributed by atoms with Gasteiger partial charge in [-0.1, -0.05) is 94.8 Å². The smallest absolute Gasteiger partial charge is 0.244 e. The Morgan fingerprint density at radius 3 is 2.08 bits per heavy atom. The maximum Gasteiger partial charge on any atom is 0.244 e. The number of nitrogens with zero attached hydrogens (tertiary/aromatic N) is 2. The van der Waals surface area contributed by atoms with Gasteiger partial charge < -0.3 is 0 Å². The molecule has 7 heteroatoms. The van der Waals surface area contributed by atoms with Crippen LogP contribution < -0.4 is 10.3 Å². The molecule has 0 spiro atoms. The third-order valence-corrected chi connectivity index (χ3v) is 8.96. The minimum absolute atomic E-state index is 0.182. The maximum absolute atomic E-state index is 14.3.